The molecule has 5 unspecified atom stereocenters. The Morgan fingerprint density at radius 1 is 1.24 bits per heavy atom. The molecule has 5 atom stereocenters. The van der Waals surface area contributed by atoms with E-state index in [9.17, 15) is 14.4 Å². The van der Waals surface area contributed by atoms with Gasteiger partial charge in [-0.25, -0.2) is 0 Å². The smallest absolute Gasteiger partial charge is 0.249 e. The van der Waals surface area contributed by atoms with Crippen LogP contribution in [0, 0.1) is 11.8 Å². The molecule has 0 aromatic heterocycles. The SMILES string of the molecule is CNC1CCC2C(=O)N(C3CCC(=O)NC3=O)CC2C1Br. The summed E-state index contributed by atoms with van der Waals surface area (Å²) in [5.41, 5.74) is 0. The summed E-state index contributed by atoms with van der Waals surface area (Å²) >= 11 is 3.73. The first-order chi connectivity index (χ1) is 10.0. The zero-order chi connectivity index (χ0) is 15.1. The molecule has 0 aromatic rings. The van der Waals surface area contributed by atoms with Gasteiger partial charge in [-0.1, -0.05) is 15.9 Å². The molecule has 21 heavy (non-hydrogen) atoms. The average Bonchev–Trinajstić information content (AvgIpc) is 2.78. The van der Waals surface area contributed by atoms with Crippen LogP contribution < -0.4 is 10.6 Å². The minimum absolute atomic E-state index is 0.00408. The fraction of sp³-hybridized carbons (Fsp3) is 0.786. The van der Waals surface area contributed by atoms with Crippen molar-refractivity contribution in [3.8, 4) is 0 Å². The van der Waals surface area contributed by atoms with Gasteiger partial charge in [-0.3, -0.25) is 19.7 Å². The predicted octanol–water partition coefficient (Wildman–Crippen LogP) is 0.0115. The second kappa shape index (κ2) is 5.68. The van der Waals surface area contributed by atoms with Crippen molar-refractivity contribution in [3.63, 3.8) is 0 Å². The molecule has 6 nitrogen and oxygen atoms in total. The van der Waals surface area contributed by atoms with E-state index in [4.69, 9.17) is 0 Å². The van der Waals surface area contributed by atoms with Crippen molar-refractivity contribution in [1.29, 1.82) is 0 Å². The van der Waals surface area contributed by atoms with Crippen LogP contribution in [0.4, 0.5) is 0 Å². The first kappa shape index (κ1) is 15.0. The van der Waals surface area contributed by atoms with Crippen LogP contribution in [0.2, 0.25) is 0 Å². The molecule has 1 saturated carbocycles. The van der Waals surface area contributed by atoms with Crippen LogP contribution in [0.25, 0.3) is 0 Å². The molecule has 2 N–H and O–H groups in total. The monoisotopic (exact) mass is 357 g/mol. The van der Waals surface area contributed by atoms with Gasteiger partial charge in [-0.05, 0) is 26.3 Å². The molecule has 2 saturated heterocycles. The first-order valence-electron chi connectivity index (χ1n) is 7.48. The third kappa shape index (κ3) is 2.50. The Bertz CT molecular complexity index is 484. The first-order valence-corrected chi connectivity index (χ1v) is 8.40. The molecule has 0 spiro atoms. The molecule has 3 aliphatic rings. The van der Waals surface area contributed by atoms with Crippen LogP contribution >= 0.6 is 15.9 Å². The van der Waals surface area contributed by atoms with Crippen LogP contribution in [-0.2, 0) is 14.4 Å². The molecule has 116 valence electrons. The van der Waals surface area contributed by atoms with Gasteiger partial charge in [0.05, 0.1) is 0 Å². The highest BCUT2D eigenvalue weighted by molar-refractivity contribution is 9.09. The van der Waals surface area contributed by atoms with Crippen molar-refractivity contribution in [1.82, 2.24) is 15.5 Å². The molecular weight excluding hydrogens is 338 g/mol. The zero-order valence-electron chi connectivity index (χ0n) is 12.0. The Hall–Kier alpha value is -0.950. The van der Waals surface area contributed by atoms with E-state index in [1.165, 1.54) is 0 Å². The summed E-state index contributed by atoms with van der Waals surface area (Å²) in [6.45, 7) is 0.601. The lowest BCUT2D eigenvalue weighted by Gasteiger charge is -2.35. The number of carbonyl (C=O) groups excluding carboxylic acids is 3. The second-order valence-corrected chi connectivity index (χ2v) is 7.20. The highest BCUT2D eigenvalue weighted by Crippen LogP contribution is 2.41. The van der Waals surface area contributed by atoms with Crippen molar-refractivity contribution in [2.45, 2.75) is 42.6 Å². The van der Waals surface area contributed by atoms with Gasteiger partial charge in [0.15, 0.2) is 0 Å². The number of halogens is 1. The van der Waals surface area contributed by atoms with Crippen molar-refractivity contribution in [3.05, 3.63) is 0 Å². The van der Waals surface area contributed by atoms with Crippen molar-refractivity contribution >= 4 is 33.7 Å². The number of rotatable bonds is 2. The molecule has 2 heterocycles. The lowest BCUT2D eigenvalue weighted by atomic mass is 9.79. The van der Waals surface area contributed by atoms with Crippen LogP contribution in [0.5, 0.6) is 0 Å². The van der Waals surface area contributed by atoms with E-state index < -0.39 is 6.04 Å². The summed E-state index contributed by atoms with van der Waals surface area (Å²) in [5, 5.41) is 5.63. The van der Waals surface area contributed by atoms with Gasteiger partial charge >= 0.3 is 0 Å². The van der Waals surface area contributed by atoms with Crippen LogP contribution in [0.1, 0.15) is 25.7 Å². The van der Waals surface area contributed by atoms with E-state index in [2.05, 4.69) is 26.6 Å². The normalized spacial score (nSPS) is 40.2. The third-order valence-electron chi connectivity index (χ3n) is 5.06. The highest BCUT2D eigenvalue weighted by Gasteiger charge is 2.51. The highest BCUT2D eigenvalue weighted by atomic mass is 79.9. The number of carbonyl (C=O) groups is 3. The van der Waals surface area contributed by atoms with Gasteiger partial charge in [0, 0.05) is 35.7 Å². The number of nitrogens with zero attached hydrogens (tertiary/aromatic N) is 1. The molecular formula is C14H20BrN3O3. The second-order valence-electron chi connectivity index (χ2n) is 6.14. The average molecular weight is 358 g/mol. The van der Waals surface area contributed by atoms with Gasteiger partial charge in [-0.15, -0.1) is 0 Å². The van der Waals surface area contributed by atoms with Gasteiger partial charge in [0.2, 0.25) is 17.7 Å². The van der Waals surface area contributed by atoms with Gasteiger partial charge in [-0.2, -0.15) is 0 Å². The Balaban J connectivity index is 1.76. The number of imide groups is 1. The van der Waals surface area contributed by atoms with E-state index in [-0.39, 0.29) is 34.4 Å². The van der Waals surface area contributed by atoms with Crippen LogP contribution in [0.3, 0.4) is 0 Å². The van der Waals surface area contributed by atoms with E-state index in [1.54, 1.807) is 4.90 Å². The summed E-state index contributed by atoms with van der Waals surface area (Å²) in [6.07, 6.45) is 2.58. The number of hydrogen-bond donors (Lipinski definition) is 2. The quantitative estimate of drug-likeness (QED) is 0.539. The number of hydrogen-bond acceptors (Lipinski definition) is 4. The number of piperidine rings is 1. The molecule has 0 aromatic carbocycles. The summed E-state index contributed by atoms with van der Waals surface area (Å²) in [5.74, 6) is -0.254. The summed E-state index contributed by atoms with van der Waals surface area (Å²) in [6, 6.07) is -0.116. The number of fused-ring (bicyclic) bond motifs is 1. The maximum absolute atomic E-state index is 12.6. The van der Waals surface area contributed by atoms with E-state index in [1.807, 2.05) is 7.05 Å². The maximum Gasteiger partial charge on any atom is 0.249 e. The number of nitrogens with one attached hydrogen (secondary N) is 2. The van der Waals surface area contributed by atoms with E-state index in [0.717, 1.165) is 12.8 Å². The zero-order valence-corrected chi connectivity index (χ0v) is 13.6. The number of amides is 3. The predicted molar refractivity (Wildman–Crippen MR) is 79.7 cm³/mol. The third-order valence-corrected chi connectivity index (χ3v) is 6.38. The lowest BCUT2D eigenvalue weighted by Crippen LogP contribution is -2.53. The number of alkyl halides is 1. The Kier molecular flexibility index (Phi) is 4.05. The van der Waals surface area contributed by atoms with Crippen LogP contribution in [0.15, 0.2) is 0 Å². The van der Waals surface area contributed by atoms with E-state index >= 15 is 0 Å². The molecule has 0 radical (unpaired) electrons. The largest absolute Gasteiger partial charge is 0.330 e. The fourth-order valence-corrected chi connectivity index (χ4v) is 4.95. The van der Waals surface area contributed by atoms with E-state index in [0.29, 0.717) is 25.4 Å². The Morgan fingerprint density at radius 3 is 2.67 bits per heavy atom. The lowest BCUT2D eigenvalue weighted by molar-refractivity contribution is -0.144. The van der Waals surface area contributed by atoms with Gasteiger partial charge < -0.3 is 10.2 Å². The van der Waals surface area contributed by atoms with Crippen molar-refractivity contribution in [2.75, 3.05) is 13.6 Å². The van der Waals surface area contributed by atoms with Gasteiger partial charge in [0.1, 0.15) is 6.04 Å². The van der Waals surface area contributed by atoms with Crippen LogP contribution in [-0.4, -0.2) is 53.1 Å². The summed E-state index contributed by atoms with van der Waals surface area (Å²) in [7, 11) is 1.94. The summed E-state index contributed by atoms with van der Waals surface area (Å²) in [4.78, 5) is 37.8. The minimum atomic E-state index is -0.478. The molecule has 7 heteroatoms. The van der Waals surface area contributed by atoms with Gasteiger partial charge in [0.25, 0.3) is 0 Å². The molecule has 0 bridgehead atoms. The molecule has 3 rings (SSSR count). The molecule has 1 aliphatic carbocycles. The van der Waals surface area contributed by atoms with Crippen molar-refractivity contribution < 1.29 is 14.4 Å². The molecule has 3 amide bonds. The van der Waals surface area contributed by atoms with Crippen molar-refractivity contribution in [2.24, 2.45) is 11.8 Å². The standard InChI is InChI=1S/C14H20BrN3O3/c1-16-9-3-2-7-8(12(9)15)6-18(14(7)21)10-4-5-11(19)17-13(10)20/h7-10,12,16H,2-6H2,1H3,(H,17,19,20). The summed E-state index contributed by atoms with van der Waals surface area (Å²) < 4.78 is 0. The molecule has 2 aliphatic heterocycles. The Morgan fingerprint density at radius 2 is 2.00 bits per heavy atom. The fourth-order valence-electron chi connectivity index (χ4n) is 3.88. The molecule has 3 fully saturated rings. The number of likely N-dealkylation sites (tertiary alicyclic amines) is 1. The topological polar surface area (TPSA) is 78.5 Å². The Labute approximate surface area is 132 Å². The maximum atomic E-state index is 12.6. The minimum Gasteiger partial charge on any atom is -0.330 e.